The molecule has 1 aliphatic rings. The smallest absolute Gasteiger partial charge is 0.244 e. The zero-order valence-electron chi connectivity index (χ0n) is 15.1. The number of hydrogen-bond acceptors (Lipinski definition) is 6. The molecule has 1 fully saturated rings. The van der Waals surface area contributed by atoms with Gasteiger partial charge in [-0.1, -0.05) is 5.16 Å². The second-order valence-corrected chi connectivity index (χ2v) is 6.79. The predicted octanol–water partition coefficient (Wildman–Crippen LogP) is 1.48. The molecule has 0 aliphatic carbocycles. The zero-order chi connectivity index (χ0) is 17.9. The standard InChI is InChI=1S/C17H25N5O3/c1-13-9-18-22(10-13)11-15(23)21-7-4-5-17(12-21,6-8-24-3)16-19-14(2)25-20-16/h9-10H,4-8,11-12H2,1-3H3. The molecule has 8 heteroatoms. The van der Waals surface area contributed by atoms with Crippen LogP contribution in [0.3, 0.4) is 0 Å². The summed E-state index contributed by atoms with van der Waals surface area (Å²) < 4.78 is 12.2. The van der Waals surface area contributed by atoms with E-state index in [0.29, 0.717) is 24.9 Å². The van der Waals surface area contributed by atoms with Gasteiger partial charge >= 0.3 is 0 Å². The van der Waals surface area contributed by atoms with E-state index in [1.54, 1.807) is 24.9 Å². The highest BCUT2D eigenvalue weighted by molar-refractivity contribution is 5.76. The first-order valence-electron chi connectivity index (χ1n) is 8.59. The van der Waals surface area contributed by atoms with Gasteiger partial charge in [0.25, 0.3) is 0 Å². The molecule has 2 aromatic heterocycles. The molecule has 3 rings (SSSR count). The van der Waals surface area contributed by atoms with Crippen LogP contribution in [0.15, 0.2) is 16.9 Å². The highest BCUT2D eigenvalue weighted by Gasteiger charge is 2.42. The van der Waals surface area contributed by atoms with Crippen molar-refractivity contribution in [2.24, 2.45) is 0 Å². The lowest BCUT2D eigenvalue weighted by Crippen LogP contribution is -2.50. The van der Waals surface area contributed by atoms with Crippen molar-refractivity contribution in [3.63, 3.8) is 0 Å². The van der Waals surface area contributed by atoms with Crippen molar-refractivity contribution in [1.82, 2.24) is 24.8 Å². The van der Waals surface area contributed by atoms with Crippen LogP contribution in [-0.2, 0) is 21.5 Å². The minimum atomic E-state index is -0.318. The number of methoxy groups -OCH3 is 1. The van der Waals surface area contributed by atoms with Gasteiger partial charge in [-0.25, -0.2) is 0 Å². The van der Waals surface area contributed by atoms with Crippen molar-refractivity contribution in [2.75, 3.05) is 26.8 Å². The highest BCUT2D eigenvalue weighted by atomic mass is 16.5. The number of aryl methyl sites for hydroxylation is 2. The highest BCUT2D eigenvalue weighted by Crippen LogP contribution is 2.35. The molecule has 0 bridgehead atoms. The van der Waals surface area contributed by atoms with Crippen LogP contribution in [0.25, 0.3) is 0 Å². The van der Waals surface area contributed by atoms with Gasteiger partial charge in [0.1, 0.15) is 6.54 Å². The Hall–Kier alpha value is -2.22. The fraction of sp³-hybridized carbons (Fsp3) is 0.647. The van der Waals surface area contributed by atoms with Gasteiger partial charge in [0.05, 0.1) is 11.6 Å². The number of ether oxygens (including phenoxy) is 1. The first kappa shape index (κ1) is 17.6. The monoisotopic (exact) mass is 347 g/mol. The second kappa shape index (κ2) is 7.35. The Morgan fingerprint density at radius 3 is 2.92 bits per heavy atom. The predicted molar refractivity (Wildman–Crippen MR) is 90.0 cm³/mol. The fourth-order valence-electron chi connectivity index (χ4n) is 3.45. The Morgan fingerprint density at radius 2 is 2.28 bits per heavy atom. The number of nitrogens with zero attached hydrogens (tertiary/aromatic N) is 5. The average molecular weight is 347 g/mol. The first-order valence-corrected chi connectivity index (χ1v) is 8.59. The number of rotatable bonds is 6. The molecule has 1 unspecified atom stereocenters. The molecule has 25 heavy (non-hydrogen) atoms. The molecule has 8 nitrogen and oxygen atoms in total. The molecule has 1 aliphatic heterocycles. The largest absolute Gasteiger partial charge is 0.385 e. The van der Waals surface area contributed by atoms with Gasteiger partial charge in [0.15, 0.2) is 5.82 Å². The Labute approximate surface area is 147 Å². The van der Waals surface area contributed by atoms with Gasteiger partial charge in [-0.3, -0.25) is 9.48 Å². The third-order valence-corrected chi connectivity index (χ3v) is 4.78. The van der Waals surface area contributed by atoms with E-state index in [1.165, 1.54) is 0 Å². The number of likely N-dealkylation sites (tertiary alicyclic amines) is 1. The molecule has 1 saturated heterocycles. The molecule has 1 atom stereocenters. The van der Waals surface area contributed by atoms with E-state index in [-0.39, 0.29) is 17.9 Å². The molecular formula is C17H25N5O3. The molecule has 0 aromatic carbocycles. The van der Waals surface area contributed by atoms with Crippen molar-refractivity contribution >= 4 is 5.91 Å². The lowest BCUT2D eigenvalue weighted by Gasteiger charge is -2.41. The normalized spacial score (nSPS) is 20.8. The third-order valence-electron chi connectivity index (χ3n) is 4.78. The van der Waals surface area contributed by atoms with Crippen LogP contribution >= 0.6 is 0 Å². The summed E-state index contributed by atoms with van der Waals surface area (Å²) in [7, 11) is 1.68. The maximum absolute atomic E-state index is 12.7. The Balaban J connectivity index is 1.77. The Bertz CT molecular complexity index is 725. The fourth-order valence-corrected chi connectivity index (χ4v) is 3.45. The van der Waals surface area contributed by atoms with Crippen molar-refractivity contribution in [1.29, 1.82) is 0 Å². The van der Waals surface area contributed by atoms with Gasteiger partial charge in [0, 0.05) is 39.9 Å². The van der Waals surface area contributed by atoms with Crippen LogP contribution < -0.4 is 0 Å². The van der Waals surface area contributed by atoms with Crippen molar-refractivity contribution in [3.05, 3.63) is 29.7 Å². The minimum Gasteiger partial charge on any atom is -0.385 e. The van der Waals surface area contributed by atoms with Crippen LogP contribution in [0, 0.1) is 13.8 Å². The maximum atomic E-state index is 12.7. The number of hydrogen-bond donors (Lipinski definition) is 0. The quantitative estimate of drug-likeness (QED) is 0.787. The first-order chi connectivity index (χ1) is 12.0. The van der Waals surface area contributed by atoms with Crippen LogP contribution in [0.4, 0.5) is 0 Å². The summed E-state index contributed by atoms with van der Waals surface area (Å²) in [5.41, 5.74) is 0.727. The summed E-state index contributed by atoms with van der Waals surface area (Å²) in [5.74, 6) is 1.28. The molecule has 1 amide bonds. The molecule has 136 valence electrons. The average Bonchev–Trinajstić information content (AvgIpc) is 3.22. The van der Waals surface area contributed by atoms with Crippen LogP contribution in [0.1, 0.15) is 36.5 Å². The van der Waals surface area contributed by atoms with E-state index in [9.17, 15) is 4.79 Å². The summed E-state index contributed by atoms with van der Waals surface area (Å²) in [4.78, 5) is 19.1. The van der Waals surface area contributed by atoms with Crippen molar-refractivity contribution < 1.29 is 14.1 Å². The van der Waals surface area contributed by atoms with Gasteiger partial charge in [0.2, 0.25) is 11.8 Å². The Kier molecular flexibility index (Phi) is 5.17. The topological polar surface area (TPSA) is 86.3 Å². The molecule has 3 heterocycles. The van der Waals surface area contributed by atoms with Gasteiger partial charge in [-0.05, 0) is 31.7 Å². The van der Waals surface area contributed by atoms with Gasteiger partial charge in [-0.15, -0.1) is 0 Å². The van der Waals surface area contributed by atoms with Crippen molar-refractivity contribution in [3.8, 4) is 0 Å². The number of piperidine rings is 1. The SMILES string of the molecule is COCCC1(c2noc(C)n2)CCCN(C(=O)Cn2cc(C)cn2)C1. The number of aromatic nitrogens is 4. The molecule has 0 saturated carbocycles. The summed E-state index contributed by atoms with van der Waals surface area (Å²) >= 11 is 0. The summed E-state index contributed by atoms with van der Waals surface area (Å²) in [5, 5.41) is 8.36. The third kappa shape index (κ3) is 3.89. The van der Waals surface area contributed by atoms with Crippen LogP contribution in [0.5, 0.6) is 0 Å². The Morgan fingerprint density at radius 1 is 1.44 bits per heavy atom. The molecule has 0 spiro atoms. The zero-order valence-corrected chi connectivity index (χ0v) is 15.1. The van der Waals surface area contributed by atoms with Crippen molar-refractivity contribution in [2.45, 2.75) is 45.1 Å². The van der Waals surface area contributed by atoms with Gasteiger partial charge < -0.3 is 14.2 Å². The van der Waals surface area contributed by atoms with E-state index in [2.05, 4.69) is 15.2 Å². The summed E-state index contributed by atoms with van der Waals surface area (Å²) in [6.45, 7) is 5.90. The summed E-state index contributed by atoms with van der Waals surface area (Å²) in [6, 6.07) is 0. The van der Waals surface area contributed by atoms with E-state index in [1.807, 2.05) is 18.0 Å². The van der Waals surface area contributed by atoms with E-state index < -0.39 is 0 Å². The molecule has 0 radical (unpaired) electrons. The van der Waals surface area contributed by atoms with E-state index >= 15 is 0 Å². The maximum Gasteiger partial charge on any atom is 0.244 e. The van der Waals surface area contributed by atoms with E-state index in [0.717, 1.165) is 31.4 Å². The van der Waals surface area contributed by atoms with E-state index in [4.69, 9.17) is 9.26 Å². The van der Waals surface area contributed by atoms with Crippen LogP contribution in [0.2, 0.25) is 0 Å². The lowest BCUT2D eigenvalue weighted by molar-refractivity contribution is -0.134. The molecular weight excluding hydrogens is 322 g/mol. The molecule has 0 N–H and O–H groups in total. The number of carbonyl (C=O) groups is 1. The number of carbonyl (C=O) groups excluding carboxylic acids is 1. The van der Waals surface area contributed by atoms with Crippen LogP contribution in [-0.4, -0.2) is 57.5 Å². The minimum absolute atomic E-state index is 0.0600. The lowest BCUT2D eigenvalue weighted by atomic mass is 9.76. The number of amides is 1. The molecule has 2 aromatic rings. The summed E-state index contributed by atoms with van der Waals surface area (Å²) in [6.07, 6.45) is 6.21. The second-order valence-electron chi connectivity index (χ2n) is 6.79. The van der Waals surface area contributed by atoms with Gasteiger partial charge in [-0.2, -0.15) is 10.1 Å².